The number of nitrogens with zero attached hydrogens (tertiary/aromatic N) is 2. The van der Waals surface area contributed by atoms with Gasteiger partial charge in [-0.15, -0.1) is 0 Å². The Morgan fingerprint density at radius 3 is 2.16 bits per heavy atom. The fraction of sp³-hybridized carbons (Fsp3) is 0.333. The Balaban J connectivity index is 1.99. The summed E-state index contributed by atoms with van der Waals surface area (Å²) in [4.78, 5) is 26.9. The molecule has 0 radical (unpaired) electrons. The van der Waals surface area contributed by atoms with E-state index in [4.69, 9.17) is 25.8 Å². The lowest BCUT2D eigenvalue weighted by atomic mass is 10.2. The van der Waals surface area contributed by atoms with Crippen LogP contribution in [0.4, 0.5) is 5.69 Å². The summed E-state index contributed by atoms with van der Waals surface area (Å²) in [6, 6.07) is 10.6. The number of anilines is 1. The fourth-order valence-corrected chi connectivity index (χ4v) is 5.07. The Morgan fingerprint density at radius 2 is 1.62 bits per heavy atom. The van der Waals surface area contributed by atoms with Gasteiger partial charge in [-0.2, -0.15) is 4.31 Å². The molecule has 3 rings (SSSR count). The second-order valence-electron chi connectivity index (χ2n) is 6.91. The van der Waals surface area contributed by atoms with Gasteiger partial charge in [0, 0.05) is 19.2 Å². The largest absolute Gasteiger partial charge is 0.497 e. The van der Waals surface area contributed by atoms with Crippen LogP contribution in [0.5, 0.6) is 5.75 Å². The Hall–Kier alpha value is -2.50. The second-order valence-corrected chi connectivity index (χ2v) is 9.24. The molecule has 9 nitrogen and oxygen atoms in total. The second kappa shape index (κ2) is 9.97. The number of ether oxygens (including phenoxy) is 3. The van der Waals surface area contributed by atoms with Crippen molar-refractivity contribution in [1.82, 2.24) is 4.31 Å². The van der Waals surface area contributed by atoms with E-state index in [-0.39, 0.29) is 17.9 Å². The van der Waals surface area contributed by atoms with Gasteiger partial charge in [-0.05, 0) is 48.5 Å². The molecule has 1 saturated heterocycles. The van der Waals surface area contributed by atoms with Crippen molar-refractivity contribution in [3.05, 3.63) is 53.6 Å². The van der Waals surface area contributed by atoms with Gasteiger partial charge in [0.05, 0.1) is 30.7 Å². The molecule has 1 aliphatic heterocycles. The summed E-state index contributed by atoms with van der Waals surface area (Å²) in [6.45, 7) is -0.294. The molecule has 0 aliphatic carbocycles. The van der Waals surface area contributed by atoms with Gasteiger partial charge >= 0.3 is 0 Å². The van der Waals surface area contributed by atoms with Crippen LogP contribution in [0.25, 0.3) is 0 Å². The summed E-state index contributed by atoms with van der Waals surface area (Å²) in [5.41, 5.74) is 0.321. The molecular weight excluding hydrogens is 460 g/mol. The van der Waals surface area contributed by atoms with Crippen molar-refractivity contribution in [3.8, 4) is 5.75 Å². The van der Waals surface area contributed by atoms with Gasteiger partial charge in [-0.1, -0.05) is 11.6 Å². The van der Waals surface area contributed by atoms with E-state index in [9.17, 15) is 18.0 Å². The number of hydrogen-bond donors (Lipinski definition) is 0. The molecule has 1 unspecified atom stereocenters. The molecule has 2 aromatic carbocycles. The number of amides is 2. The van der Waals surface area contributed by atoms with Gasteiger partial charge < -0.3 is 14.2 Å². The van der Waals surface area contributed by atoms with Gasteiger partial charge in [-0.3, -0.25) is 9.59 Å². The number of imide groups is 1. The van der Waals surface area contributed by atoms with Gasteiger partial charge in [0.2, 0.25) is 15.9 Å². The third kappa shape index (κ3) is 4.79. The SMILES string of the molecule is COc1ccc(N2C(=O)CC(N(CC(OC)OC)S(=O)(=O)c3ccc(Cl)cc3)C2=O)cc1. The van der Waals surface area contributed by atoms with Crippen LogP contribution >= 0.6 is 11.6 Å². The van der Waals surface area contributed by atoms with E-state index >= 15 is 0 Å². The molecule has 172 valence electrons. The molecule has 0 saturated carbocycles. The molecule has 0 aromatic heterocycles. The molecule has 1 aliphatic rings. The Kier molecular flexibility index (Phi) is 7.52. The minimum absolute atomic E-state index is 0.0731. The van der Waals surface area contributed by atoms with Crippen LogP contribution in [0, 0.1) is 0 Å². The molecule has 32 heavy (non-hydrogen) atoms. The molecule has 0 N–H and O–H groups in total. The van der Waals surface area contributed by atoms with Crippen LogP contribution < -0.4 is 9.64 Å². The molecule has 11 heteroatoms. The first kappa shape index (κ1) is 24.1. The number of rotatable bonds is 9. The van der Waals surface area contributed by atoms with E-state index in [1.165, 1.54) is 45.6 Å². The first-order valence-electron chi connectivity index (χ1n) is 9.56. The zero-order valence-corrected chi connectivity index (χ0v) is 19.3. The van der Waals surface area contributed by atoms with Crippen LogP contribution in [0.2, 0.25) is 5.02 Å². The van der Waals surface area contributed by atoms with Gasteiger partial charge in [0.1, 0.15) is 11.8 Å². The van der Waals surface area contributed by atoms with Crippen molar-refractivity contribution in [3.63, 3.8) is 0 Å². The molecule has 0 spiro atoms. The monoisotopic (exact) mass is 482 g/mol. The lowest BCUT2D eigenvalue weighted by Crippen LogP contribution is -2.49. The van der Waals surface area contributed by atoms with E-state index in [2.05, 4.69) is 0 Å². The quantitative estimate of drug-likeness (QED) is 0.399. The highest BCUT2D eigenvalue weighted by Crippen LogP contribution is 2.31. The first-order chi connectivity index (χ1) is 15.2. The number of sulfonamides is 1. The summed E-state index contributed by atoms with van der Waals surface area (Å²) >= 11 is 5.89. The number of halogens is 1. The topological polar surface area (TPSA) is 102 Å². The molecular formula is C21H23ClN2O7S. The van der Waals surface area contributed by atoms with Crippen molar-refractivity contribution in [2.75, 3.05) is 32.8 Å². The van der Waals surface area contributed by atoms with Crippen molar-refractivity contribution < 1.29 is 32.2 Å². The summed E-state index contributed by atoms with van der Waals surface area (Å²) in [5.74, 6) is -0.629. The molecule has 1 fully saturated rings. The average Bonchev–Trinajstić information content (AvgIpc) is 3.08. The summed E-state index contributed by atoms with van der Waals surface area (Å²) < 4.78 is 43.3. The summed E-state index contributed by atoms with van der Waals surface area (Å²) in [6.07, 6.45) is -1.27. The van der Waals surface area contributed by atoms with E-state index in [1.807, 2.05) is 0 Å². The minimum Gasteiger partial charge on any atom is -0.497 e. The fourth-order valence-electron chi connectivity index (χ4n) is 3.37. The van der Waals surface area contributed by atoms with Crippen molar-refractivity contribution >= 4 is 39.1 Å². The van der Waals surface area contributed by atoms with E-state index in [1.54, 1.807) is 24.3 Å². The molecule has 1 heterocycles. The Bertz CT molecular complexity index is 1070. The number of hydrogen-bond acceptors (Lipinski definition) is 7. The summed E-state index contributed by atoms with van der Waals surface area (Å²) in [5, 5.41) is 0.361. The Labute approximate surface area is 191 Å². The van der Waals surface area contributed by atoms with E-state index in [0.29, 0.717) is 16.5 Å². The predicted octanol–water partition coefficient (Wildman–Crippen LogP) is 2.29. The molecule has 1 atom stereocenters. The number of methoxy groups -OCH3 is 3. The van der Waals surface area contributed by atoms with Crippen LogP contribution in [-0.2, 0) is 29.1 Å². The summed E-state index contributed by atoms with van der Waals surface area (Å²) in [7, 11) is 0.0120. The average molecular weight is 483 g/mol. The third-order valence-electron chi connectivity index (χ3n) is 5.08. The molecule has 0 bridgehead atoms. The molecule has 2 amide bonds. The van der Waals surface area contributed by atoms with Gasteiger partial charge in [-0.25, -0.2) is 13.3 Å². The van der Waals surface area contributed by atoms with Crippen molar-refractivity contribution in [2.45, 2.75) is 23.6 Å². The zero-order chi connectivity index (χ0) is 23.5. The molecule has 2 aromatic rings. The third-order valence-corrected chi connectivity index (χ3v) is 7.22. The maximum absolute atomic E-state index is 13.5. The smallest absolute Gasteiger partial charge is 0.252 e. The van der Waals surface area contributed by atoms with E-state index < -0.39 is 34.2 Å². The minimum atomic E-state index is -4.19. The van der Waals surface area contributed by atoms with Crippen LogP contribution in [0.15, 0.2) is 53.4 Å². The lowest BCUT2D eigenvalue weighted by Gasteiger charge is -2.29. The van der Waals surface area contributed by atoms with Crippen molar-refractivity contribution in [2.24, 2.45) is 0 Å². The van der Waals surface area contributed by atoms with E-state index in [0.717, 1.165) is 9.21 Å². The zero-order valence-electron chi connectivity index (χ0n) is 17.7. The standard InChI is InChI=1S/C21H23ClN2O7S/c1-29-16-8-6-15(7-9-16)24-19(25)12-18(21(24)26)23(13-20(30-2)31-3)32(27,28)17-10-4-14(22)5-11-17/h4-11,18,20H,12-13H2,1-3H3. The van der Waals surface area contributed by atoms with Crippen LogP contribution in [0.1, 0.15) is 6.42 Å². The first-order valence-corrected chi connectivity index (χ1v) is 11.4. The maximum Gasteiger partial charge on any atom is 0.252 e. The number of benzene rings is 2. The van der Waals surface area contributed by atoms with Gasteiger partial charge in [0.15, 0.2) is 6.29 Å². The Morgan fingerprint density at radius 1 is 1.03 bits per heavy atom. The highest BCUT2D eigenvalue weighted by molar-refractivity contribution is 7.89. The normalized spacial score (nSPS) is 16.9. The highest BCUT2D eigenvalue weighted by Gasteiger charge is 2.47. The number of carbonyl (C=O) groups is 2. The number of carbonyl (C=O) groups excluding carboxylic acids is 2. The van der Waals surface area contributed by atoms with Crippen LogP contribution in [-0.4, -0.2) is 64.7 Å². The van der Waals surface area contributed by atoms with Gasteiger partial charge in [0.25, 0.3) is 5.91 Å². The predicted molar refractivity (Wildman–Crippen MR) is 117 cm³/mol. The maximum atomic E-state index is 13.5. The van der Waals surface area contributed by atoms with Crippen LogP contribution in [0.3, 0.4) is 0 Å². The van der Waals surface area contributed by atoms with Crippen molar-refractivity contribution in [1.29, 1.82) is 0 Å². The highest BCUT2D eigenvalue weighted by atomic mass is 35.5. The lowest BCUT2D eigenvalue weighted by molar-refractivity contribution is -0.125.